The maximum absolute atomic E-state index is 13.1. The van der Waals surface area contributed by atoms with Crippen molar-refractivity contribution in [1.82, 2.24) is 0 Å². The molecule has 104 heavy (non-hydrogen) atoms. The number of aliphatic hydroxyl groups excluding tert-OH is 1. The monoisotopic (exact) mass is 1500 g/mol. The molecule has 5 atom stereocenters. The van der Waals surface area contributed by atoms with Crippen molar-refractivity contribution < 1.29 is 80.2 Å². The van der Waals surface area contributed by atoms with Crippen molar-refractivity contribution in [3.8, 4) is 0 Å². The number of phosphoric acid groups is 2. The van der Waals surface area contributed by atoms with Gasteiger partial charge in [0.2, 0.25) is 0 Å². The van der Waals surface area contributed by atoms with Crippen LogP contribution in [0.1, 0.15) is 323 Å². The molecule has 19 heteroatoms. The number of hydrogen-bond acceptors (Lipinski definition) is 15. The Labute approximate surface area is 631 Å². The number of carbonyl (C=O) groups excluding carboxylic acids is 4. The number of unbranched alkanes of at least 4 members (excludes halogenated alkanes) is 27. The lowest BCUT2D eigenvalue weighted by Gasteiger charge is -2.21. The Morgan fingerprint density at radius 2 is 0.519 bits per heavy atom. The predicted octanol–water partition coefficient (Wildman–Crippen LogP) is 23.7. The molecule has 2 unspecified atom stereocenters. The van der Waals surface area contributed by atoms with E-state index in [0.717, 1.165) is 173 Å². The molecule has 0 amide bonds. The van der Waals surface area contributed by atoms with Crippen LogP contribution >= 0.6 is 15.6 Å². The summed E-state index contributed by atoms with van der Waals surface area (Å²) in [5, 5.41) is 10.6. The van der Waals surface area contributed by atoms with Crippen LogP contribution in [0.5, 0.6) is 0 Å². The molecular formula is C85H144O17P2. The van der Waals surface area contributed by atoms with Crippen LogP contribution < -0.4 is 0 Å². The highest BCUT2D eigenvalue weighted by Gasteiger charge is 2.30. The summed E-state index contributed by atoms with van der Waals surface area (Å²) in [5.74, 6) is -2.30. The Morgan fingerprint density at radius 1 is 0.279 bits per heavy atom. The minimum absolute atomic E-state index is 0.0301. The van der Waals surface area contributed by atoms with Gasteiger partial charge in [-0.05, 0) is 154 Å². The Bertz CT molecular complexity index is 2490. The standard InChI is InChI=1S/C85H144O17P2/c1-5-9-13-17-21-25-29-33-37-38-39-40-44-46-50-54-58-62-66-70-83(88)96-76-81(102-85(90)72-68-64-60-56-52-48-43-36-32-28-24-20-16-12-8-4)78-100-104(93,94)98-74-79(86)73-97-103(91,92)99-77-80(101-84(89)71-67-63-59-55-51-47-42-35-31-27-23-19-15-11-7-3)75-95-82(87)69-65-61-57-53-49-45-41-34-30-26-22-18-14-10-6-2/h9,13,21-22,24-28,31,33-34,36-37,39-41,43,46,50,58,62,79-81,86H,5-8,10-12,14-20,23,29-30,32,35,38,42,44-45,47-49,51-57,59-61,63-78H2,1-4H3,(H,91,92)(H,93,94)/b13-9-,25-21-,26-22-,28-24-,31-27-,37-33-,40-39-,41-34-,43-36-,50-46-,62-58-/t79-,80+,81+/m0/s1. The molecule has 0 fully saturated rings. The third-order valence-electron chi connectivity index (χ3n) is 16.6. The maximum atomic E-state index is 13.1. The summed E-state index contributed by atoms with van der Waals surface area (Å²) in [7, 11) is -9.99. The van der Waals surface area contributed by atoms with Gasteiger partial charge in [-0.2, -0.15) is 0 Å². The molecule has 0 aromatic carbocycles. The molecule has 0 spiro atoms. The molecule has 0 radical (unpaired) electrons. The summed E-state index contributed by atoms with van der Waals surface area (Å²) < 4.78 is 68.5. The molecule has 0 bridgehead atoms. The molecule has 0 saturated heterocycles. The second-order valence-corrected chi connectivity index (χ2v) is 29.5. The van der Waals surface area contributed by atoms with Gasteiger partial charge >= 0.3 is 39.5 Å². The molecule has 0 aliphatic carbocycles. The van der Waals surface area contributed by atoms with E-state index in [1.54, 1.807) is 0 Å². The van der Waals surface area contributed by atoms with Crippen molar-refractivity contribution in [2.45, 2.75) is 341 Å². The van der Waals surface area contributed by atoms with E-state index < -0.39 is 97.5 Å². The molecule has 0 aliphatic heterocycles. The highest BCUT2D eigenvalue weighted by molar-refractivity contribution is 7.47. The first-order valence-corrected chi connectivity index (χ1v) is 43.4. The van der Waals surface area contributed by atoms with Crippen molar-refractivity contribution in [3.05, 3.63) is 134 Å². The van der Waals surface area contributed by atoms with Gasteiger partial charge in [0.05, 0.1) is 26.4 Å². The average Bonchev–Trinajstić information content (AvgIpc) is 0.918. The van der Waals surface area contributed by atoms with E-state index in [1.807, 2.05) is 18.2 Å². The van der Waals surface area contributed by atoms with E-state index in [2.05, 4.69) is 143 Å². The van der Waals surface area contributed by atoms with Gasteiger partial charge in [0.1, 0.15) is 19.3 Å². The molecule has 0 heterocycles. The van der Waals surface area contributed by atoms with E-state index >= 15 is 0 Å². The fourth-order valence-corrected chi connectivity index (χ4v) is 12.0. The summed E-state index contributed by atoms with van der Waals surface area (Å²) in [4.78, 5) is 73.0. The van der Waals surface area contributed by atoms with E-state index in [-0.39, 0.29) is 25.7 Å². The number of rotatable bonds is 75. The summed E-state index contributed by atoms with van der Waals surface area (Å²) in [5.41, 5.74) is 0. The van der Waals surface area contributed by atoms with E-state index in [9.17, 15) is 43.2 Å². The van der Waals surface area contributed by atoms with Crippen LogP contribution in [-0.2, 0) is 65.4 Å². The van der Waals surface area contributed by atoms with Crippen LogP contribution in [0.25, 0.3) is 0 Å². The average molecular weight is 1500 g/mol. The zero-order chi connectivity index (χ0) is 76.0. The normalized spacial score (nSPS) is 14.6. The van der Waals surface area contributed by atoms with Gasteiger partial charge in [0.15, 0.2) is 12.2 Å². The smallest absolute Gasteiger partial charge is 0.462 e. The second kappa shape index (κ2) is 76.4. The van der Waals surface area contributed by atoms with Crippen molar-refractivity contribution in [2.75, 3.05) is 39.6 Å². The molecule has 0 aliphatic rings. The van der Waals surface area contributed by atoms with Crippen LogP contribution in [0.2, 0.25) is 0 Å². The predicted molar refractivity (Wildman–Crippen MR) is 427 cm³/mol. The van der Waals surface area contributed by atoms with Crippen LogP contribution in [0.4, 0.5) is 0 Å². The molecule has 0 saturated carbocycles. The Balaban J connectivity index is 5.45. The summed E-state index contributed by atoms with van der Waals surface area (Å²) in [6.45, 7) is 4.59. The van der Waals surface area contributed by atoms with Gasteiger partial charge in [0.25, 0.3) is 0 Å². The summed E-state index contributed by atoms with van der Waals surface area (Å²) in [6.07, 6.45) is 85.8. The minimum Gasteiger partial charge on any atom is -0.462 e. The number of allylic oxidation sites excluding steroid dienone is 22. The lowest BCUT2D eigenvalue weighted by molar-refractivity contribution is -0.161. The lowest BCUT2D eigenvalue weighted by atomic mass is 10.1. The SMILES string of the molecule is CC/C=C\C/C=C\C/C=C\C/C=C\C/C=C\C/C=C\CCC(=O)OC[C@H](COP(=O)(O)OC[C@@H](O)COP(=O)(O)OC[C@@H](COC(=O)CCCCCCC/C=C\C/C=C\CCCCC)OC(=O)CCCCCCCCC/C=C\CCCCCC)OC(=O)CCCCCCC/C=C\C/C=C\CCCCC. The van der Waals surface area contributed by atoms with Crippen molar-refractivity contribution in [3.63, 3.8) is 0 Å². The zero-order valence-electron chi connectivity index (χ0n) is 65.2. The number of ether oxygens (including phenoxy) is 4. The van der Waals surface area contributed by atoms with Gasteiger partial charge in [-0.1, -0.05) is 277 Å². The Hall–Kier alpha value is -4.80. The number of hydrogen-bond donors (Lipinski definition) is 3. The van der Waals surface area contributed by atoms with Crippen LogP contribution in [0.15, 0.2) is 134 Å². The van der Waals surface area contributed by atoms with Crippen molar-refractivity contribution in [1.29, 1.82) is 0 Å². The van der Waals surface area contributed by atoms with Crippen molar-refractivity contribution in [2.24, 2.45) is 0 Å². The molecular weight excluding hydrogens is 1350 g/mol. The van der Waals surface area contributed by atoms with Crippen molar-refractivity contribution >= 4 is 39.5 Å². The first-order valence-electron chi connectivity index (χ1n) is 40.4. The van der Waals surface area contributed by atoms with Crippen LogP contribution in [0, 0.1) is 0 Å². The van der Waals surface area contributed by atoms with Gasteiger partial charge in [0, 0.05) is 25.7 Å². The van der Waals surface area contributed by atoms with Gasteiger partial charge in [-0.3, -0.25) is 37.3 Å². The van der Waals surface area contributed by atoms with Crippen LogP contribution in [0.3, 0.4) is 0 Å². The molecule has 0 aromatic heterocycles. The van der Waals surface area contributed by atoms with Gasteiger partial charge in [-0.15, -0.1) is 0 Å². The molecule has 596 valence electrons. The Kier molecular flexibility index (Phi) is 72.9. The highest BCUT2D eigenvalue weighted by atomic mass is 31.2. The van der Waals surface area contributed by atoms with Crippen LogP contribution in [-0.4, -0.2) is 96.7 Å². The number of esters is 4. The number of carbonyl (C=O) groups is 4. The van der Waals surface area contributed by atoms with E-state index in [0.29, 0.717) is 32.1 Å². The lowest BCUT2D eigenvalue weighted by Crippen LogP contribution is -2.30. The zero-order valence-corrected chi connectivity index (χ0v) is 66.9. The molecule has 0 aromatic rings. The quantitative estimate of drug-likeness (QED) is 0.0169. The second-order valence-electron chi connectivity index (χ2n) is 26.6. The van der Waals surface area contributed by atoms with Gasteiger partial charge in [-0.25, -0.2) is 9.13 Å². The molecule has 0 rings (SSSR count). The van der Waals surface area contributed by atoms with Gasteiger partial charge < -0.3 is 33.8 Å². The topological polar surface area (TPSA) is 237 Å². The fraction of sp³-hybridized carbons (Fsp3) is 0.694. The minimum atomic E-state index is -5.00. The number of aliphatic hydroxyl groups is 1. The number of phosphoric ester groups is 2. The fourth-order valence-electron chi connectivity index (χ4n) is 10.4. The third-order valence-corrected chi connectivity index (χ3v) is 18.5. The highest BCUT2D eigenvalue weighted by Crippen LogP contribution is 2.45. The Morgan fingerprint density at radius 3 is 0.856 bits per heavy atom. The van der Waals surface area contributed by atoms with E-state index in [4.69, 9.17) is 37.0 Å². The first kappa shape index (κ1) is 99.2. The first-order chi connectivity index (χ1) is 50.7. The summed E-state index contributed by atoms with van der Waals surface area (Å²) in [6, 6.07) is 0. The largest absolute Gasteiger partial charge is 0.472 e. The molecule has 3 N–H and O–H groups in total. The maximum Gasteiger partial charge on any atom is 0.472 e. The molecule has 17 nitrogen and oxygen atoms in total. The summed E-state index contributed by atoms with van der Waals surface area (Å²) >= 11 is 0. The van der Waals surface area contributed by atoms with E-state index in [1.165, 1.54) is 64.2 Å². The third kappa shape index (κ3) is 75.4.